The van der Waals surface area contributed by atoms with Gasteiger partial charge in [0.05, 0.1) is 7.11 Å². The fourth-order valence-electron chi connectivity index (χ4n) is 1.95. The third kappa shape index (κ3) is 3.52. The van der Waals surface area contributed by atoms with E-state index in [2.05, 4.69) is 10.3 Å². The predicted molar refractivity (Wildman–Crippen MR) is 72.4 cm³/mol. The Morgan fingerprint density at radius 1 is 1.24 bits per heavy atom. The molecule has 0 aliphatic carbocycles. The Morgan fingerprint density at radius 2 is 1.90 bits per heavy atom. The lowest BCUT2D eigenvalue weighted by atomic mass is 10.1. The van der Waals surface area contributed by atoms with Crippen molar-refractivity contribution in [3.05, 3.63) is 59.0 Å². The van der Waals surface area contributed by atoms with Gasteiger partial charge in [0, 0.05) is 24.3 Å². The van der Waals surface area contributed by atoms with Crippen LogP contribution in [0.15, 0.2) is 30.5 Å². The summed E-state index contributed by atoms with van der Waals surface area (Å²) < 4.78 is 44.5. The molecule has 0 aliphatic rings. The van der Waals surface area contributed by atoms with E-state index in [1.165, 1.54) is 7.11 Å². The molecule has 6 heteroatoms. The minimum atomic E-state index is -1.46. The monoisotopic (exact) mass is 296 g/mol. The Kier molecular flexibility index (Phi) is 4.80. The smallest absolute Gasteiger partial charge is 0.217 e. The number of nitrogens with one attached hydrogen (secondary N) is 1. The largest absolute Gasteiger partial charge is 0.481 e. The molecular formula is C15H15F3N2O. The van der Waals surface area contributed by atoms with Gasteiger partial charge in [0.2, 0.25) is 5.88 Å². The van der Waals surface area contributed by atoms with Crippen molar-refractivity contribution in [3.8, 4) is 5.88 Å². The van der Waals surface area contributed by atoms with E-state index in [9.17, 15) is 13.2 Å². The highest BCUT2D eigenvalue weighted by atomic mass is 19.2. The first-order valence-corrected chi connectivity index (χ1v) is 6.38. The van der Waals surface area contributed by atoms with Gasteiger partial charge < -0.3 is 10.1 Å². The summed E-state index contributed by atoms with van der Waals surface area (Å²) in [5, 5.41) is 3.09. The second-order valence-corrected chi connectivity index (χ2v) is 4.57. The standard InChI is InChI=1S/C15H15F3N2O/c1-9(11-6-12(16)14(18)13(17)7-11)20-8-10-4-3-5-19-15(10)21-2/h3-7,9,20H,8H2,1-2H3. The van der Waals surface area contributed by atoms with Crippen molar-refractivity contribution in [2.24, 2.45) is 0 Å². The zero-order valence-corrected chi connectivity index (χ0v) is 11.7. The predicted octanol–water partition coefficient (Wildman–Crippen LogP) is 3.36. The van der Waals surface area contributed by atoms with Crippen LogP contribution in [0.2, 0.25) is 0 Å². The highest BCUT2D eigenvalue weighted by molar-refractivity contribution is 5.26. The number of hydrogen-bond acceptors (Lipinski definition) is 3. The van der Waals surface area contributed by atoms with Gasteiger partial charge in [0.15, 0.2) is 17.5 Å². The molecule has 0 fully saturated rings. The summed E-state index contributed by atoms with van der Waals surface area (Å²) in [5.41, 5.74) is 1.14. The second-order valence-electron chi connectivity index (χ2n) is 4.57. The molecular weight excluding hydrogens is 281 g/mol. The lowest BCUT2D eigenvalue weighted by Gasteiger charge is -2.15. The fraction of sp³-hybridized carbons (Fsp3) is 0.267. The summed E-state index contributed by atoms with van der Waals surface area (Å²) >= 11 is 0. The molecule has 21 heavy (non-hydrogen) atoms. The first-order valence-electron chi connectivity index (χ1n) is 6.38. The van der Waals surface area contributed by atoms with Crippen LogP contribution in [0.4, 0.5) is 13.2 Å². The third-order valence-electron chi connectivity index (χ3n) is 3.15. The molecule has 0 amide bonds. The van der Waals surface area contributed by atoms with E-state index in [4.69, 9.17) is 4.74 Å². The lowest BCUT2D eigenvalue weighted by molar-refractivity contribution is 0.389. The normalized spacial score (nSPS) is 12.2. The summed E-state index contributed by atoms with van der Waals surface area (Å²) in [7, 11) is 1.51. The average Bonchev–Trinajstić information content (AvgIpc) is 2.49. The number of ether oxygens (including phenoxy) is 1. The molecule has 1 N–H and O–H groups in total. The number of rotatable bonds is 5. The van der Waals surface area contributed by atoms with Crippen molar-refractivity contribution < 1.29 is 17.9 Å². The van der Waals surface area contributed by atoms with Crippen molar-refractivity contribution in [2.75, 3.05) is 7.11 Å². The van der Waals surface area contributed by atoms with Gasteiger partial charge in [-0.3, -0.25) is 0 Å². The molecule has 0 saturated heterocycles. The van der Waals surface area contributed by atoms with Crippen LogP contribution in [0.1, 0.15) is 24.1 Å². The van der Waals surface area contributed by atoms with Crippen molar-refractivity contribution >= 4 is 0 Å². The summed E-state index contributed by atoms with van der Waals surface area (Å²) in [6, 6.07) is 5.20. The van der Waals surface area contributed by atoms with E-state index >= 15 is 0 Å². The zero-order chi connectivity index (χ0) is 15.4. The van der Waals surface area contributed by atoms with Gasteiger partial charge in [0.1, 0.15) is 0 Å². The molecule has 1 aromatic heterocycles. The van der Waals surface area contributed by atoms with Crippen LogP contribution in [0.25, 0.3) is 0 Å². The molecule has 1 heterocycles. The van der Waals surface area contributed by atoms with E-state index in [-0.39, 0.29) is 6.04 Å². The van der Waals surface area contributed by atoms with Crippen LogP contribution >= 0.6 is 0 Å². The van der Waals surface area contributed by atoms with Gasteiger partial charge in [-0.1, -0.05) is 6.07 Å². The van der Waals surface area contributed by atoms with Crippen molar-refractivity contribution in [2.45, 2.75) is 19.5 Å². The number of pyridine rings is 1. The lowest BCUT2D eigenvalue weighted by Crippen LogP contribution is -2.19. The second kappa shape index (κ2) is 6.58. The number of halogens is 3. The number of benzene rings is 1. The van der Waals surface area contributed by atoms with E-state index < -0.39 is 17.5 Å². The molecule has 0 aliphatic heterocycles. The van der Waals surface area contributed by atoms with Crippen LogP contribution < -0.4 is 10.1 Å². The first kappa shape index (κ1) is 15.3. The number of aromatic nitrogens is 1. The maximum atomic E-state index is 13.2. The molecule has 0 spiro atoms. The maximum Gasteiger partial charge on any atom is 0.217 e. The van der Waals surface area contributed by atoms with Crippen LogP contribution in [-0.2, 0) is 6.54 Å². The molecule has 3 nitrogen and oxygen atoms in total. The van der Waals surface area contributed by atoms with Crippen molar-refractivity contribution in [3.63, 3.8) is 0 Å². The molecule has 1 atom stereocenters. The third-order valence-corrected chi connectivity index (χ3v) is 3.15. The minimum Gasteiger partial charge on any atom is -0.481 e. The van der Waals surface area contributed by atoms with Gasteiger partial charge in [0.25, 0.3) is 0 Å². The number of nitrogens with zero attached hydrogens (tertiary/aromatic N) is 1. The fourth-order valence-corrected chi connectivity index (χ4v) is 1.95. The topological polar surface area (TPSA) is 34.1 Å². The van der Waals surface area contributed by atoms with E-state index in [1.54, 1.807) is 19.2 Å². The van der Waals surface area contributed by atoms with Crippen molar-refractivity contribution in [1.82, 2.24) is 10.3 Å². The summed E-state index contributed by atoms with van der Waals surface area (Å²) in [6.07, 6.45) is 1.61. The van der Waals surface area contributed by atoms with Gasteiger partial charge in [-0.2, -0.15) is 0 Å². The molecule has 1 aromatic carbocycles. The molecule has 2 rings (SSSR count). The van der Waals surface area contributed by atoms with Gasteiger partial charge in [-0.15, -0.1) is 0 Å². The number of methoxy groups -OCH3 is 1. The zero-order valence-electron chi connectivity index (χ0n) is 11.7. The summed E-state index contributed by atoms with van der Waals surface area (Å²) in [4.78, 5) is 4.06. The molecule has 1 unspecified atom stereocenters. The van der Waals surface area contributed by atoms with Crippen molar-refractivity contribution in [1.29, 1.82) is 0 Å². The van der Waals surface area contributed by atoms with E-state index in [0.717, 1.165) is 17.7 Å². The highest BCUT2D eigenvalue weighted by Gasteiger charge is 2.14. The Labute approximate surface area is 120 Å². The van der Waals surface area contributed by atoms with E-state index in [1.807, 2.05) is 6.07 Å². The van der Waals surface area contributed by atoms with Gasteiger partial charge in [-0.05, 0) is 30.7 Å². The van der Waals surface area contributed by atoms with Crippen LogP contribution in [-0.4, -0.2) is 12.1 Å². The molecule has 0 saturated carbocycles. The summed E-state index contributed by atoms with van der Waals surface area (Å²) in [5.74, 6) is -3.37. The highest BCUT2D eigenvalue weighted by Crippen LogP contribution is 2.20. The molecule has 0 radical (unpaired) electrons. The van der Waals surface area contributed by atoms with Crippen LogP contribution in [0.5, 0.6) is 5.88 Å². The molecule has 0 bridgehead atoms. The van der Waals surface area contributed by atoms with Crippen LogP contribution in [0, 0.1) is 17.5 Å². The molecule has 112 valence electrons. The Morgan fingerprint density at radius 3 is 2.52 bits per heavy atom. The maximum absolute atomic E-state index is 13.2. The van der Waals surface area contributed by atoms with Gasteiger partial charge >= 0.3 is 0 Å². The SMILES string of the molecule is COc1ncccc1CNC(C)c1cc(F)c(F)c(F)c1. The minimum absolute atomic E-state index is 0.328. The first-order chi connectivity index (χ1) is 10.0. The molecule has 2 aromatic rings. The van der Waals surface area contributed by atoms with Gasteiger partial charge in [-0.25, -0.2) is 18.2 Å². The summed E-state index contributed by atoms with van der Waals surface area (Å²) in [6.45, 7) is 2.13. The quantitative estimate of drug-likeness (QED) is 0.859. The van der Waals surface area contributed by atoms with E-state index in [0.29, 0.717) is 18.0 Å². The van der Waals surface area contributed by atoms with Crippen LogP contribution in [0.3, 0.4) is 0 Å². The Bertz CT molecular complexity index is 611. The Hall–Kier alpha value is -2.08. The Balaban J connectivity index is 2.10. The number of hydrogen-bond donors (Lipinski definition) is 1. The average molecular weight is 296 g/mol.